The van der Waals surface area contributed by atoms with Gasteiger partial charge in [-0.25, -0.2) is 0 Å². The summed E-state index contributed by atoms with van der Waals surface area (Å²) in [6.45, 7) is 6.55. The number of aryl methyl sites for hydroxylation is 1. The first-order valence-electron chi connectivity index (χ1n) is 7.03. The number of hydrogen-bond donors (Lipinski definition) is 1. The van der Waals surface area contributed by atoms with Gasteiger partial charge in [-0.15, -0.1) is 11.3 Å². The predicted molar refractivity (Wildman–Crippen MR) is 86.8 cm³/mol. The van der Waals surface area contributed by atoms with E-state index in [4.69, 9.17) is 4.74 Å². The molecule has 0 saturated carbocycles. The Kier molecular flexibility index (Phi) is 5.21. The molecule has 2 rings (SSSR count). The van der Waals surface area contributed by atoms with Crippen LogP contribution >= 0.6 is 11.3 Å². The number of nitrogens with one attached hydrogen (secondary N) is 1. The van der Waals surface area contributed by atoms with E-state index >= 15 is 0 Å². The van der Waals surface area contributed by atoms with Crippen LogP contribution in [0.4, 0.5) is 0 Å². The monoisotopic (exact) mass is 289 g/mol. The van der Waals surface area contributed by atoms with Crippen LogP contribution in [0.5, 0.6) is 5.75 Å². The molecule has 0 bridgehead atoms. The van der Waals surface area contributed by atoms with Gasteiger partial charge < -0.3 is 10.1 Å². The van der Waals surface area contributed by atoms with Crippen molar-refractivity contribution in [1.29, 1.82) is 0 Å². The van der Waals surface area contributed by atoms with Crippen LogP contribution in [-0.2, 0) is 6.42 Å². The number of methoxy groups -OCH3 is 1. The summed E-state index contributed by atoms with van der Waals surface area (Å²) in [5.41, 5.74) is 2.49. The lowest BCUT2D eigenvalue weighted by Crippen LogP contribution is -2.30. The lowest BCUT2D eigenvalue weighted by molar-refractivity contribution is 0.395. The molecule has 0 aliphatic heterocycles. The number of thiophene rings is 1. The third kappa shape index (κ3) is 3.84. The Bertz CT molecular complexity index is 536. The van der Waals surface area contributed by atoms with Crippen LogP contribution in [-0.4, -0.2) is 13.2 Å². The van der Waals surface area contributed by atoms with Gasteiger partial charge in [0.15, 0.2) is 0 Å². The van der Waals surface area contributed by atoms with Gasteiger partial charge in [0.1, 0.15) is 5.75 Å². The Morgan fingerprint density at radius 1 is 1.25 bits per heavy atom. The van der Waals surface area contributed by atoms with Gasteiger partial charge in [-0.05, 0) is 44.7 Å². The molecule has 1 N–H and O–H groups in total. The van der Waals surface area contributed by atoms with E-state index in [1.165, 1.54) is 16.0 Å². The summed E-state index contributed by atoms with van der Waals surface area (Å²) in [5.74, 6) is 0.957. The Labute approximate surface area is 125 Å². The van der Waals surface area contributed by atoms with Crippen LogP contribution in [0.2, 0.25) is 0 Å². The Morgan fingerprint density at radius 3 is 2.70 bits per heavy atom. The highest BCUT2D eigenvalue weighted by atomic mass is 32.1. The van der Waals surface area contributed by atoms with Crippen molar-refractivity contribution >= 4 is 11.3 Å². The van der Waals surface area contributed by atoms with Crippen molar-refractivity contribution in [3.63, 3.8) is 0 Å². The first-order chi connectivity index (χ1) is 9.60. The molecule has 0 amide bonds. The molecule has 1 aromatic heterocycles. The SMILES string of the molecule is COc1ccc(C)cc1C(C)NC(C)Cc1cccs1. The van der Waals surface area contributed by atoms with E-state index in [1.54, 1.807) is 7.11 Å². The highest BCUT2D eigenvalue weighted by molar-refractivity contribution is 7.09. The molecule has 0 aliphatic rings. The zero-order valence-electron chi connectivity index (χ0n) is 12.6. The fourth-order valence-corrected chi connectivity index (χ4v) is 3.33. The summed E-state index contributed by atoms with van der Waals surface area (Å²) >= 11 is 1.82. The lowest BCUT2D eigenvalue weighted by Gasteiger charge is -2.22. The summed E-state index contributed by atoms with van der Waals surface area (Å²) < 4.78 is 5.47. The number of rotatable bonds is 6. The summed E-state index contributed by atoms with van der Waals surface area (Å²) in [4.78, 5) is 1.42. The summed E-state index contributed by atoms with van der Waals surface area (Å²) in [5, 5.41) is 5.80. The van der Waals surface area contributed by atoms with Gasteiger partial charge in [-0.1, -0.05) is 23.8 Å². The Morgan fingerprint density at radius 2 is 2.05 bits per heavy atom. The maximum absolute atomic E-state index is 5.47. The molecule has 3 heteroatoms. The van der Waals surface area contributed by atoms with E-state index in [0.29, 0.717) is 6.04 Å². The maximum Gasteiger partial charge on any atom is 0.123 e. The second kappa shape index (κ2) is 6.91. The van der Waals surface area contributed by atoms with Gasteiger partial charge in [-0.3, -0.25) is 0 Å². The molecular formula is C17H23NOS. The van der Waals surface area contributed by atoms with Crippen molar-refractivity contribution in [3.05, 3.63) is 51.7 Å². The molecule has 2 aromatic rings. The maximum atomic E-state index is 5.47. The summed E-state index contributed by atoms with van der Waals surface area (Å²) in [6.07, 6.45) is 1.07. The van der Waals surface area contributed by atoms with E-state index in [9.17, 15) is 0 Å². The number of benzene rings is 1. The van der Waals surface area contributed by atoms with Crippen molar-refractivity contribution in [2.24, 2.45) is 0 Å². The molecule has 108 valence electrons. The van der Waals surface area contributed by atoms with Crippen LogP contribution in [0.25, 0.3) is 0 Å². The number of ether oxygens (including phenoxy) is 1. The summed E-state index contributed by atoms with van der Waals surface area (Å²) in [7, 11) is 1.73. The van der Waals surface area contributed by atoms with E-state index in [1.807, 2.05) is 17.4 Å². The van der Waals surface area contributed by atoms with Gasteiger partial charge in [-0.2, -0.15) is 0 Å². The fourth-order valence-electron chi connectivity index (χ4n) is 2.50. The Hall–Kier alpha value is -1.32. The molecule has 0 spiro atoms. The minimum Gasteiger partial charge on any atom is -0.496 e. The van der Waals surface area contributed by atoms with Crippen molar-refractivity contribution < 1.29 is 4.74 Å². The smallest absolute Gasteiger partial charge is 0.123 e. The average Bonchev–Trinajstić information content (AvgIpc) is 2.91. The highest BCUT2D eigenvalue weighted by Crippen LogP contribution is 2.26. The quantitative estimate of drug-likeness (QED) is 0.853. The fraction of sp³-hybridized carbons (Fsp3) is 0.412. The van der Waals surface area contributed by atoms with Crippen LogP contribution in [0.1, 0.15) is 35.9 Å². The zero-order chi connectivity index (χ0) is 14.5. The van der Waals surface area contributed by atoms with Crippen LogP contribution < -0.4 is 10.1 Å². The normalized spacial score (nSPS) is 14.0. The van der Waals surface area contributed by atoms with Gasteiger partial charge in [0.2, 0.25) is 0 Å². The van der Waals surface area contributed by atoms with Gasteiger partial charge in [0.25, 0.3) is 0 Å². The molecule has 1 aromatic carbocycles. The van der Waals surface area contributed by atoms with Crippen LogP contribution in [0.15, 0.2) is 35.7 Å². The second-order valence-electron chi connectivity index (χ2n) is 5.32. The van der Waals surface area contributed by atoms with Crippen LogP contribution in [0.3, 0.4) is 0 Å². The molecule has 2 nitrogen and oxygen atoms in total. The van der Waals surface area contributed by atoms with Gasteiger partial charge in [0.05, 0.1) is 7.11 Å². The minimum absolute atomic E-state index is 0.278. The minimum atomic E-state index is 0.278. The average molecular weight is 289 g/mol. The summed E-state index contributed by atoms with van der Waals surface area (Å²) in [6, 6.07) is 11.4. The molecule has 20 heavy (non-hydrogen) atoms. The zero-order valence-corrected chi connectivity index (χ0v) is 13.5. The third-order valence-corrected chi connectivity index (χ3v) is 4.37. The van der Waals surface area contributed by atoms with Crippen molar-refractivity contribution in [2.75, 3.05) is 7.11 Å². The molecule has 2 atom stereocenters. The van der Waals surface area contributed by atoms with Crippen molar-refractivity contribution in [3.8, 4) is 5.75 Å². The van der Waals surface area contributed by atoms with E-state index < -0.39 is 0 Å². The standard InChI is InChI=1S/C17H23NOS/c1-12-7-8-17(19-4)16(10-12)14(3)18-13(2)11-15-6-5-9-20-15/h5-10,13-14,18H,11H2,1-4H3. The molecule has 0 saturated heterocycles. The van der Waals surface area contributed by atoms with E-state index in [0.717, 1.165) is 12.2 Å². The number of hydrogen-bond acceptors (Lipinski definition) is 3. The van der Waals surface area contributed by atoms with E-state index in [-0.39, 0.29) is 6.04 Å². The lowest BCUT2D eigenvalue weighted by atomic mass is 10.0. The molecule has 1 heterocycles. The van der Waals surface area contributed by atoms with Crippen LogP contribution in [0, 0.1) is 6.92 Å². The van der Waals surface area contributed by atoms with E-state index in [2.05, 4.69) is 55.7 Å². The van der Waals surface area contributed by atoms with Crippen molar-refractivity contribution in [1.82, 2.24) is 5.32 Å². The molecule has 0 radical (unpaired) electrons. The molecule has 0 fully saturated rings. The second-order valence-corrected chi connectivity index (χ2v) is 6.35. The van der Waals surface area contributed by atoms with Gasteiger partial charge in [0, 0.05) is 22.5 Å². The third-order valence-electron chi connectivity index (χ3n) is 3.47. The first-order valence-corrected chi connectivity index (χ1v) is 7.91. The largest absolute Gasteiger partial charge is 0.496 e. The first kappa shape index (κ1) is 15.1. The predicted octanol–water partition coefficient (Wildman–Crippen LogP) is 4.35. The molecule has 0 aliphatic carbocycles. The Balaban J connectivity index is 2.03. The highest BCUT2D eigenvalue weighted by Gasteiger charge is 2.14. The molecular weight excluding hydrogens is 266 g/mol. The van der Waals surface area contributed by atoms with Crippen molar-refractivity contribution in [2.45, 2.75) is 39.3 Å². The molecule has 2 unspecified atom stereocenters. The van der Waals surface area contributed by atoms with Gasteiger partial charge >= 0.3 is 0 Å². The topological polar surface area (TPSA) is 21.3 Å².